The van der Waals surface area contributed by atoms with Gasteiger partial charge in [0.25, 0.3) is 0 Å². The number of methoxy groups -OCH3 is 1. The fourth-order valence-corrected chi connectivity index (χ4v) is 3.56. The minimum atomic E-state index is 0.114. The molecule has 1 aliphatic rings. The summed E-state index contributed by atoms with van der Waals surface area (Å²) in [4.78, 5) is 15.1. The molecule has 0 unspecified atom stereocenters. The van der Waals surface area contributed by atoms with Crippen LogP contribution in [0.1, 0.15) is 26.2 Å². The third kappa shape index (κ3) is 4.64. The first-order valence-corrected chi connectivity index (χ1v) is 9.47. The van der Waals surface area contributed by atoms with E-state index in [9.17, 15) is 4.79 Å². The number of piperidine rings is 1. The third-order valence-corrected chi connectivity index (χ3v) is 5.03. The summed E-state index contributed by atoms with van der Waals surface area (Å²) in [5.41, 5.74) is 3.00. The molecular weight excluding hydrogens is 324 g/mol. The molecule has 1 fully saturated rings. The highest BCUT2D eigenvalue weighted by Gasteiger charge is 2.24. The Bertz CT molecular complexity index is 736. The Morgan fingerprint density at radius 3 is 2.50 bits per heavy atom. The molecule has 4 nitrogen and oxygen atoms in total. The maximum absolute atomic E-state index is 12.6. The standard InChI is InChI=1S/C22H28N2O2/c1-3-12-24-13-10-17(11-14-24)22(25)23-20-8-4-6-18(15-20)19-7-5-9-21(16-19)26-2/h4-9,15-17H,3,10-14H2,1-2H3,(H,23,25). The van der Waals surface area contributed by atoms with Crippen molar-refractivity contribution < 1.29 is 9.53 Å². The van der Waals surface area contributed by atoms with Crippen molar-refractivity contribution in [3.05, 3.63) is 48.5 Å². The normalized spacial score (nSPS) is 15.6. The van der Waals surface area contributed by atoms with E-state index in [-0.39, 0.29) is 11.8 Å². The van der Waals surface area contributed by atoms with Crippen LogP contribution in [0.25, 0.3) is 11.1 Å². The van der Waals surface area contributed by atoms with Crippen LogP contribution in [0, 0.1) is 5.92 Å². The minimum Gasteiger partial charge on any atom is -0.497 e. The fraction of sp³-hybridized carbons (Fsp3) is 0.409. The van der Waals surface area contributed by atoms with Gasteiger partial charge >= 0.3 is 0 Å². The largest absolute Gasteiger partial charge is 0.497 e. The number of carbonyl (C=O) groups is 1. The fourth-order valence-electron chi connectivity index (χ4n) is 3.56. The summed E-state index contributed by atoms with van der Waals surface area (Å²) in [6, 6.07) is 16.0. The van der Waals surface area contributed by atoms with Gasteiger partial charge < -0.3 is 15.0 Å². The molecule has 0 radical (unpaired) electrons. The smallest absolute Gasteiger partial charge is 0.227 e. The van der Waals surface area contributed by atoms with Crippen molar-refractivity contribution in [1.82, 2.24) is 4.90 Å². The molecule has 2 aromatic rings. The van der Waals surface area contributed by atoms with E-state index in [0.29, 0.717) is 0 Å². The Hall–Kier alpha value is -2.33. The number of hydrogen-bond donors (Lipinski definition) is 1. The predicted octanol–water partition coefficient (Wildman–Crippen LogP) is 4.42. The van der Waals surface area contributed by atoms with Gasteiger partial charge in [0.2, 0.25) is 5.91 Å². The number of ether oxygens (including phenoxy) is 1. The van der Waals surface area contributed by atoms with Crippen LogP contribution in [0.5, 0.6) is 5.75 Å². The maximum atomic E-state index is 12.6. The molecule has 1 heterocycles. The van der Waals surface area contributed by atoms with Crippen LogP contribution in [-0.2, 0) is 4.79 Å². The molecule has 0 bridgehead atoms. The summed E-state index contributed by atoms with van der Waals surface area (Å²) in [7, 11) is 1.67. The Balaban J connectivity index is 1.64. The van der Waals surface area contributed by atoms with E-state index in [0.717, 1.165) is 55.0 Å². The lowest BCUT2D eigenvalue weighted by Crippen LogP contribution is -2.38. The van der Waals surface area contributed by atoms with Gasteiger partial charge in [0.15, 0.2) is 0 Å². The van der Waals surface area contributed by atoms with Crippen LogP contribution >= 0.6 is 0 Å². The van der Waals surface area contributed by atoms with Gasteiger partial charge in [-0.15, -0.1) is 0 Å². The van der Waals surface area contributed by atoms with Crippen molar-refractivity contribution in [2.45, 2.75) is 26.2 Å². The lowest BCUT2D eigenvalue weighted by Gasteiger charge is -2.30. The van der Waals surface area contributed by atoms with Crippen molar-refractivity contribution >= 4 is 11.6 Å². The number of amides is 1. The number of hydrogen-bond acceptors (Lipinski definition) is 3. The molecule has 3 rings (SSSR count). The minimum absolute atomic E-state index is 0.114. The molecule has 0 aromatic heterocycles. The Kier molecular flexibility index (Phi) is 6.29. The SMILES string of the molecule is CCCN1CCC(C(=O)Nc2cccc(-c3cccc(OC)c3)c2)CC1. The zero-order chi connectivity index (χ0) is 18.4. The van der Waals surface area contributed by atoms with Crippen molar-refractivity contribution in [2.24, 2.45) is 5.92 Å². The van der Waals surface area contributed by atoms with Crippen molar-refractivity contribution in [1.29, 1.82) is 0 Å². The van der Waals surface area contributed by atoms with Crippen LogP contribution in [0.3, 0.4) is 0 Å². The van der Waals surface area contributed by atoms with Gasteiger partial charge in [0, 0.05) is 11.6 Å². The van der Waals surface area contributed by atoms with Gasteiger partial charge in [-0.3, -0.25) is 4.79 Å². The second-order valence-corrected chi connectivity index (χ2v) is 6.92. The molecular formula is C22H28N2O2. The topological polar surface area (TPSA) is 41.6 Å². The van der Waals surface area contributed by atoms with E-state index in [1.54, 1.807) is 7.11 Å². The zero-order valence-electron chi connectivity index (χ0n) is 15.7. The molecule has 0 aliphatic carbocycles. The molecule has 0 spiro atoms. The van der Waals surface area contributed by atoms with Gasteiger partial charge in [-0.25, -0.2) is 0 Å². The highest BCUT2D eigenvalue weighted by atomic mass is 16.5. The van der Waals surface area contributed by atoms with Gasteiger partial charge in [0.1, 0.15) is 5.75 Å². The van der Waals surface area contributed by atoms with Crippen molar-refractivity contribution in [3.63, 3.8) is 0 Å². The molecule has 1 aliphatic heterocycles. The van der Waals surface area contributed by atoms with E-state index in [2.05, 4.69) is 17.1 Å². The average molecular weight is 352 g/mol. The number of likely N-dealkylation sites (tertiary alicyclic amines) is 1. The molecule has 0 saturated carbocycles. The summed E-state index contributed by atoms with van der Waals surface area (Å²) >= 11 is 0. The number of nitrogens with zero attached hydrogens (tertiary/aromatic N) is 1. The van der Waals surface area contributed by atoms with Crippen LogP contribution in [-0.4, -0.2) is 37.6 Å². The first-order chi connectivity index (χ1) is 12.7. The summed E-state index contributed by atoms with van der Waals surface area (Å²) in [5.74, 6) is 1.09. The summed E-state index contributed by atoms with van der Waals surface area (Å²) < 4.78 is 5.30. The van der Waals surface area contributed by atoms with Crippen LogP contribution < -0.4 is 10.1 Å². The molecule has 2 aromatic carbocycles. The molecule has 1 saturated heterocycles. The highest BCUT2D eigenvalue weighted by Crippen LogP contribution is 2.27. The van der Waals surface area contributed by atoms with Crippen molar-refractivity contribution in [3.8, 4) is 16.9 Å². The molecule has 26 heavy (non-hydrogen) atoms. The summed E-state index contributed by atoms with van der Waals surface area (Å²) in [6.07, 6.45) is 3.07. The van der Waals surface area contributed by atoms with E-state index in [1.807, 2.05) is 48.5 Å². The lowest BCUT2D eigenvalue weighted by atomic mass is 9.95. The van der Waals surface area contributed by atoms with Gasteiger partial charge in [0.05, 0.1) is 7.11 Å². The molecule has 138 valence electrons. The Morgan fingerprint density at radius 1 is 1.12 bits per heavy atom. The lowest BCUT2D eigenvalue weighted by molar-refractivity contribution is -0.121. The Labute approximate surface area is 156 Å². The first-order valence-electron chi connectivity index (χ1n) is 9.47. The first kappa shape index (κ1) is 18.5. The van der Waals surface area contributed by atoms with E-state index in [4.69, 9.17) is 4.74 Å². The van der Waals surface area contributed by atoms with E-state index >= 15 is 0 Å². The van der Waals surface area contributed by atoms with Crippen LogP contribution in [0.4, 0.5) is 5.69 Å². The molecule has 0 atom stereocenters. The Morgan fingerprint density at radius 2 is 1.81 bits per heavy atom. The number of benzene rings is 2. The average Bonchev–Trinajstić information content (AvgIpc) is 2.69. The van der Waals surface area contributed by atoms with E-state index < -0.39 is 0 Å². The molecule has 1 amide bonds. The van der Waals surface area contributed by atoms with E-state index in [1.165, 1.54) is 6.42 Å². The third-order valence-electron chi connectivity index (χ3n) is 5.03. The predicted molar refractivity (Wildman–Crippen MR) is 107 cm³/mol. The molecule has 4 heteroatoms. The highest BCUT2D eigenvalue weighted by molar-refractivity contribution is 5.93. The number of anilines is 1. The number of nitrogens with one attached hydrogen (secondary N) is 1. The van der Waals surface area contributed by atoms with Gasteiger partial charge in [-0.2, -0.15) is 0 Å². The van der Waals surface area contributed by atoms with Crippen LogP contribution in [0.15, 0.2) is 48.5 Å². The maximum Gasteiger partial charge on any atom is 0.227 e. The second-order valence-electron chi connectivity index (χ2n) is 6.92. The van der Waals surface area contributed by atoms with Crippen molar-refractivity contribution in [2.75, 3.05) is 32.1 Å². The summed E-state index contributed by atoms with van der Waals surface area (Å²) in [6.45, 7) is 5.39. The molecule has 1 N–H and O–H groups in total. The summed E-state index contributed by atoms with van der Waals surface area (Å²) in [5, 5.41) is 3.11. The number of rotatable bonds is 6. The number of carbonyl (C=O) groups excluding carboxylic acids is 1. The van der Waals surface area contributed by atoms with Gasteiger partial charge in [-0.05, 0) is 74.3 Å². The van der Waals surface area contributed by atoms with Gasteiger partial charge in [-0.1, -0.05) is 31.2 Å². The second kappa shape index (κ2) is 8.86. The quantitative estimate of drug-likeness (QED) is 0.836. The zero-order valence-corrected chi connectivity index (χ0v) is 15.7. The monoisotopic (exact) mass is 352 g/mol. The van der Waals surface area contributed by atoms with Crippen LogP contribution in [0.2, 0.25) is 0 Å².